The number of aliphatic hydroxyl groups is 1. The third kappa shape index (κ3) is 4.47. The van der Waals surface area contributed by atoms with Crippen LogP contribution < -0.4 is 4.74 Å². The van der Waals surface area contributed by atoms with Crippen molar-refractivity contribution in [3.63, 3.8) is 0 Å². The van der Waals surface area contributed by atoms with Crippen LogP contribution in [0.4, 0.5) is 5.69 Å². The average molecular weight is 305 g/mol. The predicted octanol–water partition coefficient (Wildman–Crippen LogP) is 3.26. The van der Waals surface area contributed by atoms with E-state index in [9.17, 15) is 10.1 Å². The summed E-state index contributed by atoms with van der Waals surface area (Å²) in [6.07, 6.45) is 0. The second-order valence-corrected chi connectivity index (χ2v) is 5.27. The molecule has 0 bridgehead atoms. The highest BCUT2D eigenvalue weighted by atomic mass is 32.2. The molecule has 0 aromatic heterocycles. The van der Waals surface area contributed by atoms with Crippen molar-refractivity contribution in [2.24, 2.45) is 0 Å². The summed E-state index contributed by atoms with van der Waals surface area (Å²) in [4.78, 5) is 11.7. The molecule has 0 aliphatic carbocycles. The van der Waals surface area contributed by atoms with Crippen molar-refractivity contribution in [2.75, 3.05) is 13.2 Å². The number of nitro groups is 1. The standard InChI is InChI=1S/C15H15NO4S/c17-8-9-20-13-6-7-15(16(18)19)12(10-13)11-21-14-4-2-1-3-5-14/h1-7,10,17H,8-9,11H2. The van der Waals surface area contributed by atoms with Gasteiger partial charge in [-0.05, 0) is 24.3 Å². The first-order chi connectivity index (χ1) is 10.2. The zero-order chi connectivity index (χ0) is 15.1. The second kappa shape index (κ2) is 7.66. The van der Waals surface area contributed by atoms with E-state index in [1.54, 1.807) is 12.1 Å². The summed E-state index contributed by atoms with van der Waals surface area (Å²) >= 11 is 1.53. The molecule has 0 aliphatic rings. The smallest absolute Gasteiger partial charge is 0.273 e. The lowest BCUT2D eigenvalue weighted by Crippen LogP contribution is -2.02. The maximum Gasteiger partial charge on any atom is 0.273 e. The molecule has 5 nitrogen and oxygen atoms in total. The van der Waals surface area contributed by atoms with Gasteiger partial charge >= 0.3 is 0 Å². The van der Waals surface area contributed by atoms with Gasteiger partial charge in [-0.2, -0.15) is 0 Å². The fourth-order valence-electron chi connectivity index (χ4n) is 1.79. The van der Waals surface area contributed by atoms with Gasteiger partial charge in [-0.25, -0.2) is 0 Å². The molecular formula is C15H15NO4S. The van der Waals surface area contributed by atoms with Gasteiger partial charge < -0.3 is 9.84 Å². The van der Waals surface area contributed by atoms with Crippen molar-refractivity contribution in [1.29, 1.82) is 0 Å². The molecule has 1 N–H and O–H groups in total. The monoisotopic (exact) mass is 305 g/mol. The Kier molecular flexibility index (Phi) is 5.59. The Hall–Kier alpha value is -2.05. The molecule has 2 rings (SSSR count). The second-order valence-electron chi connectivity index (χ2n) is 4.22. The number of nitrogens with zero attached hydrogens (tertiary/aromatic N) is 1. The van der Waals surface area contributed by atoms with Crippen LogP contribution in [-0.4, -0.2) is 23.2 Å². The summed E-state index contributed by atoms with van der Waals surface area (Å²) in [5, 5.41) is 19.8. The molecule has 0 atom stereocenters. The maximum absolute atomic E-state index is 11.1. The fraction of sp³-hybridized carbons (Fsp3) is 0.200. The Bertz CT molecular complexity index is 604. The van der Waals surface area contributed by atoms with Crippen LogP contribution in [0.15, 0.2) is 53.4 Å². The third-order valence-corrected chi connectivity index (χ3v) is 3.81. The molecule has 6 heteroatoms. The van der Waals surface area contributed by atoms with Crippen LogP contribution in [0.2, 0.25) is 0 Å². The SMILES string of the molecule is O=[N+]([O-])c1ccc(OCCO)cc1CSc1ccccc1. The highest BCUT2D eigenvalue weighted by molar-refractivity contribution is 7.98. The van der Waals surface area contributed by atoms with E-state index in [1.165, 1.54) is 17.8 Å². The van der Waals surface area contributed by atoms with Gasteiger partial charge in [0.15, 0.2) is 0 Å². The van der Waals surface area contributed by atoms with Gasteiger partial charge in [-0.3, -0.25) is 10.1 Å². The lowest BCUT2D eigenvalue weighted by Gasteiger charge is -2.08. The summed E-state index contributed by atoms with van der Waals surface area (Å²) in [5.41, 5.74) is 0.680. The number of aliphatic hydroxyl groups excluding tert-OH is 1. The Balaban J connectivity index is 2.16. The van der Waals surface area contributed by atoms with Crippen LogP contribution in [0, 0.1) is 10.1 Å². The van der Waals surface area contributed by atoms with E-state index in [0.717, 1.165) is 4.90 Å². The maximum atomic E-state index is 11.1. The fourth-order valence-corrected chi connectivity index (χ4v) is 2.69. The van der Waals surface area contributed by atoms with Crippen molar-refractivity contribution < 1.29 is 14.8 Å². The molecule has 0 heterocycles. The molecule has 0 amide bonds. The topological polar surface area (TPSA) is 72.6 Å². The molecule has 0 fully saturated rings. The summed E-state index contributed by atoms with van der Waals surface area (Å²) in [5.74, 6) is 1.01. The highest BCUT2D eigenvalue weighted by Crippen LogP contribution is 2.30. The van der Waals surface area contributed by atoms with Crippen LogP contribution >= 0.6 is 11.8 Å². The molecule has 0 saturated heterocycles. The van der Waals surface area contributed by atoms with Crippen LogP contribution in [0.5, 0.6) is 5.75 Å². The van der Waals surface area contributed by atoms with Gasteiger partial charge in [0.05, 0.1) is 11.5 Å². The van der Waals surface area contributed by atoms with E-state index in [-0.39, 0.29) is 18.9 Å². The summed E-state index contributed by atoms with van der Waals surface area (Å²) < 4.78 is 5.30. The number of benzene rings is 2. The summed E-state index contributed by atoms with van der Waals surface area (Å²) in [7, 11) is 0. The van der Waals surface area contributed by atoms with E-state index >= 15 is 0 Å². The van der Waals surface area contributed by atoms with Crippen LogP contribution in [0.25, 0.3) is 0 Å². The predicted molar refractivity (Wildman–Crippen MR) is 81.7 cm³/mol. The minimum atomic E-state index is -0.392. The van der Waals surface area contributed by atoms with Crippen LogP contribution in [-0.2, 0) is 5.75 Å². The van der Waals surface area contributed by atoms with Gasteiger partial charge in [0.1, 0.15) is 12.4 Å². The molecule has 0 aliphatic heterocycles. The minimum Gasteiger partial charge on any atom is -0.491 e. The summed E-state index contributed by atoms with van der Waals surface area (Å²) in [6, 6.07) is 14.3. The normalized spacial score (nSPS) is 10.3. The Morgan fingerprint density at radius 3 is 2.62 bits per heavy atom. The van der Waals surface area contributed by atoms with Crippen molar-refractivity contribution in [1.82, 2.24) is 0 Å². The van der Waals surface area contributed by atoms with E-state index < -0.39 is 4.92 Å². The number of hydrogen-bond acceptors (Lipinski definition) is 5. The largest absolute Gasteiger partial charge is 0.491 e. The highest BCUT2D eigenvalue weighted by Gasteiger charge is 2.15. The van der Waals surface area contributed by atoms with Crippen molar-refractivity contribution >= 4 is 17.4 Å². The molecule has 0 unspecified atom stereocenters. The third-order valence-electron chi connectivity index (χ3n) is 2.75. The van der Waals surface area contributed by atoms with E-state index in [2.05, 4.69) is 0 Å². The Labute approximate surface area is 126 Å². The van der Waals surface area contributed by atoms with Crippen molar-refractivity contribution in [2.45, 2.75) is 10.6 Å². The molecule has 2 aromatic rings. The molecular weight excluding hydrogens is 290 g/mol. The van der Waals surface area contributed by atoms with Crippen LogP contribution in [0.1, 0.15) is 5.56 Å². The van der Waals surface area contributed by atoms with Crippen molar-refractivity contribution in [3.8, 4) is 5.75 Å². The number of rotatable bonds is 7. The minimum absolute atomic E-state index is 0.0785. The molecule has 110 valence electrons. The first-order valence-electron chi connectivity index (χ1n) is 6.39. The molecule has 2 aromatic carbocycles. The number of thioether (sulfide) groups is 1. The quantitative estimate of drug-likeness (QED) is 0.483. The van der Waals surface area contributed by atoms with E-state index in [1.807, 2.05) is 30.3 Å². The molecule has 0 saturated carbocycles. The Morgan fingerprint density at radius 1 is 1.19 bits per heavy atom. The first kappa shape index (κ1) is 15.3. The van der Waals surface area contributed by atoms with E-state index in [0.29, 0.717) is 17.1 Å². The van der Waals surface area contributed by atoms with Gasteiger partial charge in [0.25, 0.3) is 5.69 Å². The lowest BCUT2D eigenvalue weighted by molar-refractivity contribution is -0.385. The molecule has 0 spiro atoms. The number of hydrogen-bond donors (Lipinski definition) is 1. The zero-order valence-electron chi connectivity index (χ0n) is 11.3. The Morgan fingerprint density at radius 2 is 1.95 bits per heavy atom. The van der Waals surface area contributed by atoms with Gasteiger partial charge in [0, 0.05) is 22.3 Å². The van der Waals surface area contributed by atoms with Crippen LogP contribution in [0.3, 0.4) is 0 Å². The zero-order valence-corrected chi connectivity index (χ0v) is 12.1. The average Bonchev–Trinajstić information content (AvgIpc) is 2.51. The molecule has 0 radical (unpaired) electrons. The van der Waals surface area contributed by atoms with Gasteiger partial charge in [0.2, 0.25) is 0 Å². The first-order valence-corrected chi connectivity index (χ1v) is 7.38. The lowest BCUT2D eigenvalue weighted by atomic mass is 10.2. The molecule has 21 heavy (non-hydrogen) atoms. The van der Waals surface area contributed by atoms with Gasteiger partial charge in [-0.15, -0.1) is 11.8 Å². The van der Waals surface area contributed by atoms with Crippen molar-refractivity contribution in [3.05, 3.63) is 64.2 Å². The number of nitro benzene ring substituents is 1. The number of ether oxygens (including phenoxy) is 1. The summed E-state index contributed by atoms with van der Waals surface area (Å²) in [6.45, 7) is 0.0775. The van der Waals surface area contributed by atoms with E-state index in [4.69, 9.17) is 9.84 Å². The van der Waals surface area contributed by atoms with Gasteiger partial charge in [-0.1, -0.05) is 18.2 Å².